The Kier molecular flexibility index (Phi) is 6.27. The van der Waals surface area contributed by atoms with Crippen molar-refractivity contribution in [2.75, 3.05) is 13.7 Å². The van der Waals surface area contributed by atoms with E-state index in [-0.39, 0.29) is 18.3 Å². The van der Waals surface area contributed by atoms with Crippen LogP contribution in [0.25, 0.3) is 0 Å². The fraction of sp³-hybridized carbons (Fsp3) is 0.200. The van der Waals surface area contributed by atoms with Gasteiger partial charge in [0.2, 0.25) is 0 Å². The minimum Gasteiger partial charge on any atom is -0.384 e. The van der Waals surface area contributed by atoms with Gasteiger partial charge in [0.25, 0.3) is 5.91 Å². The molecule has 1 aromatic carbocycles. The second-order valence-electron chi connectivity index (χ2n) is 4.72. The largest absolute Gasteiger partial charge is 0.384 e. The minimum atomic E-state index is -0.211. The third-order valence-electron chi connectivity index (χ3n) is 2.92. The van der Waals surface area contributed by atoms with Gasteiger partial charge in [0.1, 0.15) is 0 Å². The van der Waals surface area contributed by atoms with Crippen molar-refractivity contribution in [2.45, 2.75) is 6.54 Å². The number of amides is 1. The van der Waals surface area contributed by atoms with E-state index in [9.17, 15) is 4.79 Å². The fourth-order valence-corrected chi connectivity index (χ4v) is 3.06. The molecule has 5 nitrogen and oxygen atoms in total. The number of halogens is 2. The zero-order chi connectivity index (χ0) is 16.8. The van der Waals surface area contributed by atoms with E-state index in [0.717, 1.165) is 4.88 Å². The highest BCUT2D eigenvalue weighted by molar-refractivity contribution is 7.16. The monoisotopic (exact) mass is 371 g/mol. The third kappa shape index (κ3) is 5.42. The number of oxime groups is 1. The number of carbonyl (C=O) groups excluding carboxylic acids is 1. The number of hydrogen-bond donors (Lipinski definition) is 1. The van der Waals surface area contributed by atoms with Gasteiger partial charge in [-0.05, 0) is 24.3 Å². The average Bonchev–Trinajstić information content (AvgIpc) is 2.92. The van der Waals surface area contributed by atoms with Crippen molar-refractivity contribution in [1.82, 2.24) is 4.90 Å². The standard InChI is InChI=1S/C15H15Cl2N3O2S/c1-20(8-12-5-6-13(17)23-12)14(21)9-22-19-15(18)10-3-2-4-11(16)7-10/h2-7H,8-9H2,1H3,(H2,18,19). The Morgan fingerprint density at radius 2 is 2.13 bits per heavy atom. The molecule has 0 aliphatic heterocycles. The Morgan fingerprint density at radius 3 is 2.78 bits per heavy atom. The van der Waals surface area contributed by atoms with Gasteiger partial charge >= 0.3 is 0 Å². The van der Waals surface area contributed by atoms with Gasteiger partial charge in [-0.25, -0.2) is 0 Å². The first-order valence-corrected chi connectivity index (χ1v) is 8.22. The maximum atomic E-state index is 12.0. The van der Waals surface area contributed by atoms with Gasteiger partial charge in [-0.1, -0.05) is 40.5 Å². The summed E-state index contributed by atoms with van der Waals surface area (Å²) in [5.41, 5.74) is 6.41. The molecule has 1 amide bonds. The molecule has 0 radical (unpaired) electrons. The van der Waals surface area contributed by atoms with E-state index in [1.54, 1.807) is 37.4 Å². The molecule has 2 N–H and O–H groups in total. The number of likely N-dealkylation sites (N-methyl/N-ethyl adjacent to an activating group) is 1. The van der Waals surface area contributed by atoms with Crippen molar-refractivity contribution in [3.8, 4) is 0 Å². The molecule has 0 aliphatic carbocycles. The number of rotatable bonds is 6. The molecule has 23 heavy (non-hydrogen) atoms. The van der Waals surface area contributed by atoms with Gasteiger partial charge in [-0.3, -0.25) is 4.79 Å². The molecule has 2 rings (SSSR count). The number of amidine groups is 1. The van der Waals surface area contributed by atoms with Crippen LogP contribution in [0.1, 0.15) is 10.4 Å². The SMILES string of the molecule is CN(Cc1ccc(Cl)s1)C(=O)CO/N=C(\N)c1cccc(Cl)c1. The summed E-state index contributed by atoms with van der Waals surface area (Å²) >= 11 is 13.2. The molecule has 0 bridgehead atoms. The van der Waals surface area contributed by atoms with Crippen LogP contribution in [0.5, 0.6) is 0 Å². The van der Waals surface area contributed by atoms with Gasteiger partial charge in [0, 0.05) is 22.5 Å². The first-order valence-electron chi connectivity index (χ1n) is 6.65. The summed E-state index contributed by atoms with van der Waals surface area (Å²) in [7, 11) is 1.68. The fourth-order valence-electron chi connectivity index (χ4n) is 1.73. The van der Waals surface area contributed by atoms with Crippen molar-refractivity contribution >= 4 is 46.3 Å². The van der Waals surface area contributed by atoms with Gasteiger partial charge in [-0.15, -0.1) is 11.3 Å². The first-order chi connectivity index (χ1) is 11.0. The summed E-state index contributed by atoms with van der Waals surface area (Å²) in [6, 6.07) is 10.6. The maximum absolute atomic E-state index is 12.0. The lowest BCUT2D eigenvalue weighted by Gasteiger charge is -2.15. The van der Waals surface area contributed by atoms with Crippen LogP contribution in [-0.2, 0) is 16.2 Å². The lowest BCUT2D eigenvalue weighted by Crippen LogP contribution is -2.29. The number of hydrogen-bond acceptors (Lipinski definition) is 4. The lowest BCUT2D eigenvalue weighted by atomic mass is 10.2. The van der Waals surface area contributed by atoms with Crippen molar-refractivity contribution < 1.29 is 9.63 Å². The van der Waals surface area contributed by atoms with Crippen molar-refractivity contribution in [3.05, 3.63) is 56.2 Å². The second kappa shape index (κ2) is 8.19. The molecular formula is C15H15Cl2N3O2S. The number of carbonyl (C=O) groups is 1. The molecule has 0 aliphatic rings. The van der Waals surface area contributed by atoms with E-state index >= 15 is 0 Å². The highest BCUT2D eigenvalue weighted by Gasteiger charge is 2.11. The maximum Gasteiger partial charge on any atom is 0.263 e. The molecular weight excluding hydrogens is 357 g/mol. The van der Waals surface area contributed by atoms with E-state index in [1.165, 1.54) is 16.2 Å². The van der Waals surface area contributed by atoms with E-state index in [1.807, 2.05) is 6.07 Å². The van der Waals surface area contributed by atoms with Crippen molar-refractivity contribution in [3.63, 3.8) is 0 Å². The van der Waals surface area contributed by atoms with Crippen LogP contribution in [-0.4, -0.2) is 30.3 Å². The Labute approximate surface area is 148 Å². The molecule has 1 aromatic heterocycles. The normalized spacial score (nSPS) is 11.3. The topological polar surface area (TPSA) is 67.9 Å². The summed E-state index contributed by atoms with van der Waals surface area (Å²) in [6.07, 6.45) is 0. The van der Waals surface area contributed by atoms with Crippen LogP contribution in [0.15, 0.2) is 41.6 Å². The Bertz CT molecular complexity index is 718. The molecule has 0 fully saturated rings. The first kappa shape index (κ1) is 17.6. The Balaban J connectivity index is 1.85. The minimum absolute atomic E-state index is 0.160. The molecule has 0 unspecified atom stereocenters. The molecule has 8 heteroatoms. The van der Waals surface area contributed by atoms with E-state index in [4.69, 9.17) is 33.8 Å². The van der Waals surface area contributed by atoms with E-state index in [2.05, 4.69) is 5.16 Å². The molecule has 122 valence electrons. The third-order valence-corrected chi connectivity index (χ3v) is 4.37. The van der Waals surface area contributed by atoms with Crippen molar-refractivity contribution in [1.29, 1.82) is 0 Å². The number of nitrogens with two attached hydrogens (primary N) is 1. The zero-order valence-electron chi connectivity index (χ0n) is 12.3. The summed E-state index contributed by atoms with van der Waals surface area (Å²) in [5.74, 6) is -0.0508. The Hall–Kier alpha value is -1.76. The van der Waals surface area contributed by atoms with Gasteiger partial charge in [0.05, 0.1) is 10.9 Å². The molecule has 1 heterocycles. The van der Waals surface area contributed by atoms with Crippen LogP contribution in [0.3, 0.4) is 0 Å². The van der Waals surface area contributed by atoms with E-state index in [0.29, 0.717) is 21.5 Å². The molecule has 0 spiro atoms. The smallest absolute Gasteiger partial charge is 0.263 e. The summed E-state index contributed by atoms with van der Waals surface area (Å²) in [4.78, 5) is 19.5. The quantitative estimate of drug-likeness (QED) is 0.480. The highest BCUT2D eigenvalue weighted by Crippen LogP contribution is 2.22. The lowest BCUT2D eigenvalue weighted by molar-refractivity contribution is -0.135. The van der Waals surface area contributed by atoms with Crippen LogP contribution < -0.4 is 5.73 Å². The van der Waals surface area contributed by atoms with Gasteiger partial charge in [-0.2, -0.15) is 0 Å². The number of benzene rings is 1. The predicted octanol–water partition coefficient (Wildman–Crippen LogP) is 3.35. The summed E-state index contributed by atoms with van der Waals surface area (Å²) in [6.45, 7) is 0.268. The van der Waals surface area contributed by atoms with Crippen LogP contribution in [0.2, 0.25) is 9.36 Å². The molecule has 0 atom stereocenters. The number of thiophene rings is 1. The van der Waals surface area contributed by atoms with Crippen LogP contribution >= 0.6 is 34.5 Å². The zero-order valence-corrected chi connectivity index (χ0v) is 14.7. The molecule has 0 saturated carbocycles. The van der Waals surface area contributed by atoms with Crippen LogP contribution in [0.4, 0.5) is 0 Å². The van der Waals surface area contributed by atoms with E-state index < -0.39 is 0 Å². The molecule has 2 aromatic rings. The summed E-state index contributed by atoms with van der Waals surface area (Å²) < 4.78 is 0.691. The van der Waals surface area contributed by atoms with Crippen LogP contribution in [0, 0.1) is 0 Å². The predicted molar refractivity (Wildman–Crippen MR) is 93.9 cm³/mol. The average molecular weight is 372 g/mol. The number of nitrogens with zero attached hydrogens (tertiary/aromatic N) is 2. The van der Waals surface area contributed by atoms with Gasteiger partial charge in [0.15, 0.2) is 12.4 Å². The Morgan fingerprint density at radius 1 is 1.35 bits per heavy atom. The summed E-state index contributed by atoms with van der Waals surface area (Å²) in [5, 5.41) is 4.29. The highest BCUT2D eigenvalue weighted by atomic mass is 35.5. The van der Waals surface area contributed by atoms with Gasteiger partial charge < -0.3 is 15.5 Å². The van der Waals surface area contributed by atoms with Crippen molar-refractivity contribution in [2.24, 2.45) is 10.9 Å². The second-order valence-corrected chi connectivity index (χ2v) is 6.95. The molecule has 0 saturated heterocycles.